The van der Waals surface area contributed by atoms with E-state index in [1.807, 2.05) is 19.1 Å². The third-order valence-corrected chi connectivity index (χ3v) is 1.83. The van der Waals surface area contributed by atoms with Gasteiger partial charge >= 0.3 is 0 Å². The van der Waals surface area contributed by atoms with Gasteiger partial charge in [-0.3, -0.25) is 4.79 Å². The standard InChI is InChI=1S/C10H15N3O/c1-8-4-5-11-9(6-8)12-7-10(14)13(2)3/h4-6H,7H2,1-3H3,(H,11,12). The Morgan fingerprint density at radius 1 is 1.57 bits per heavy atom. The van der Waals surface area contributed by atoms with Gasteiger partial charge in [0.1, 0.15) is 5.82 Å². The molecule has 0 radical (unpaired) electrons. The SMILES string of the molecule is Cc1ccnc(NCC(=O)N(C)C)c1. The molecule has 4 heteroatoms. The van der Waals surface area contributed by atoms with Crippen LogP contribution in [0, 0.1) is 6.92 Å². The highest BCUT2D eigenvalue weighted by Crippen LogP contribution is 2.04. The van der Waals surface area contributed by atoms with Crippen molar-refractivity contribution in [3.05, 3.63) is 23.9 Å². The average molecular weight is 193 g/mol. The quantitative estimate of drug-likeness (QED) is 0.775. The Morgan fingerprint density at radius 2 is 2.29 bits per heavy atom. The number of aromatic nitrogens is 1. The minimum absolute atomic E-state index is 0.0355. The number of nitrogens with zero attached hydrogens (tertiary/aromatic N) is 2. The maximum Gasteiger partial charge on any atom is 0.241 e. The number of nitrogens with one attached hydrogen (secondary N) is 1. The summed E-state index contributed by atoms with van der Waals surface area (Å²) in [6.45, 7) is 2.27. The highest BCUT2D eigenvalue weighted by Gasteiger charge is 2.03. The zero-order chi connectivity index (χ0) is 10.6. The van der Waals surface area contributed by atoms with Crippen LogP contribution < -0.4 is 5.32 Å². The van der Waals surface area contributed by atoms with E-state index in [-0.39, 0.29) is 12.5 Å². The van der Waals surface area contributed by atoms with Crippen molar-refractivity contribution in [3.8, 4) is 0 Å². The fourth-order valence-electron chi connectivity index (χ4n) is 0.957. The Labute approximate surface area is 83.9 Å². The normalized spacial score (nSPS) is 9.64. The fourth-order valence-corrected chi connectivity index (χ4v) is 0.957. The molecule has 0 spiro atoms. The summed E-state index contributed by atoms with van der Waals surface area (Å²) in [5, 5.41) is 2.96. The van der Waals surface area contributed by atoms with Crippen molar-refractivity contribution in [2.75, 3.05) is 26.0 Å². The lowest BCUT2D eigenvalue weighted by molar-refractivity contribution is -0.126. The van der Waals surface area contributed by atoms with Crippen LogP contribution in [0.4, 0.5) is 5.82 Å². The lowest BCUT2D eigenvalue weighted by Gasteiger charge is -2.11. The number of likely N-dealkylation sites (N-methyl/N-ethyl adjacent to an activating group) is 1. The first kappa shape index (κ1) is 10.5. The van der Waals surface area contributed by atoms with Crippen LogP contribution in [0.1, 0.15) is 5.56 Å². The molecule has 4 nitrogen and oxygen atoms in total. The Bertz CT molecular complexity index is 323. The van der Waals surface area contributed by atoms with E-state index in [0.717, 1.165) is 11.4 Å². The molecule has 76 valence electrons. The summed E-state index contributed by atoms with van der Waals surface area (Å²) in [4.78, 5) is 16.9. The Kier molecular flexibility index (Phi) is 3.45. The molecule has 0 aliphatic rings. The van der Waals surface area contributed by atoms with E-state index < -0.39 is 0 Å². The number of amides is 1. The third kappa shape index (κ3) is 3.05. The molecule has 0 bridgehead atoms. The first-order valence-corrected chi connectivity index (χ1v) is 4.46. The maximum atomic E-state index is 11.2. The molecule has 1 N–H and O–H groups in total. The molecule has 0 atom stereocenters. The van der Waals surface area contributed by atoms with Gasteiger partial charge in [-0.05, 0) is 24.6 Å². The molecule has 1 amide bonds. The van der Waals surface area contributed by atoms with E-state index in [0.29, 0.717) is 0 Å². The van der Waals surface area contributed by atoms with Gasteiger partial charge in [-0.1, -0.05) is 0 Å². The van der Waals surface area contributed by atoms with Crippen molar-refractivity contribution in [2.45, 2.75) is 6.92 Å². The van der Waals surface area contributed by atoms with Crippen LogP contribution in [-0.2, 0) is 4.79 Å². The van der Waals surface area contributed by atoms with Crippen molar-refractivity contribution in [1.82, 2.24) is 9.88 Å². The van der Waals surface area contributed by atoms with Crippen molar-refractivity contribution >= 4 is 11.7 Å². The van der Waals surface area contributed by atoms with Crippen LogP contribution in [0.25, 0.3) is 0 Å². The van der Waals surface area contributed by atoms with Crippen LogP contribution in [-0.4, -0.2) is 36.4 Å². The number of aryl methyl sites for hydroxylation is 1. The molecule has 0 unspecified atom stereocenters. The van der Waals surface area contributed by atoms with E-state index >= 15 is 0 Å². The predicted octanol–water partition coefficient (Wildman–Crippen LogP) is 0.890. The molecule has 0 saturated carbocycles. The number of carbonyl (C=O) groups is 1. The van der Waals surface area contributed by atoms with Gasteiger partial charge in [0.15, 0.2) is 0 Å². The van der Waals surface area contributed by atoms with Crippen LogP contribution in [0.2, 0.25) is 0 Å². The summed E-state index contributed by atoms with van der Waals surface area (Å²) in [5.74, 6) is 0.772. The number of rotatable bonds is 3. The second-order valence-electron chi connectivity index (χ2n) is 3.36. The molecule has 1 heterocycles. The van der Waals surface area contributed by atoms with Crippen molar-refractivity contribution in [2.24, 2.45) is 0 Å². The van der Waals surface area contributed by atoms with Crippen LogP contribution in [0.15, 0.2) is 18.3 Å². The molecule has 0 aliphatic heterocycles. The molecule has 1 aromatic heterocycles. The van der Waals surface area contributed by atoms with E-state index in [9.17, 15) is 4.79 Å². The summed E-state index contributed by atoms with van der Waals surface area (Å²) in [5.41, 5.74) is 1.12. The van der Waals surface area contributed by atoms with Gasteiger partial charge < -0.3 is 10.2 Å². The molecule has 14 heavy (non-hydrogen) atoms. The topological polar surface area (TPSA) is 45.2 Å². The minimum Gasteiger partial charge on any atom is -0.361 e. The molecule has 0 aliphatic carbocycles. The van der Waals surface area contributed by atoms with Crippen LogP contribution in [0.3, 0.4) is 0 Å². The highest BCUT2D eigenvalue weighted by atomic mass is 16.2. The number of anilines is 1. The van der Waals surface area contributed by atoms with Crippen LogP contribution >= 0.6 is 0 Å². The van der Waals surface area contributed by atoms with Gasteiger partial charge in [-0.15, -0.1) is 0 Å². The van der Waals surface area contributed by atoms with Crippen molar-refractivity contribution < 1.29 is 4.79 Å². The second kappa shape index (κ2) is 4.60. The van der Waals surface area contributed by atoms with Gasteiger partial charge in [0.2, 0.25) is 5.91 Å². The summed E-state index contributed by atoms with van der Waals surface area (Å²) in [6, 6.07) is 3.82. The second-order valence-corrected chi connectivity index (χ2v) is 3.36. The number of carbonyl (C=O) groups excluding carboxylic acids is 1. The average Bonchev–Trinajstić information content (AvgIpc) is 2.14. The summed E-state index contributed by atoms with van der Waals surface area (Å²) in [6.07, 6.45) is 1.72. The van der Waals surface area contributed by atoms with E-state index in [1.165, 1.54) is 0 Å². The molecule has 0 saturated heterocycles. The zero-order valence-corrected chi connectivity index (χ0v) is 8.74. The van der Waals surface area contributed by atoms with Crippen LogP contribution in [0.5, 0.6) is 0 Å². The predicted molar refractivity (Wildman–Crippen MR) is 56.2 cm³/mol. The first-order valence-electron chi connectivity index (χ1n) is 4.46. The summed E-state index contributed by atoms with van der Waals surface area (Å²) < 4.78 is 0. The summed E-state index contributed by atoms with van der Waals surface area (Å²) in [7, 11) is 3.46. The molecular weight excluding hydrogens is 178 g/mol. The molecule has 1 rings (SSSR count). The Hall–Kier alpha value is -1.58. The Balaban J connectivity index is 2.50. The van der Waals surface area contributed by atoms with E-state index in [4.69, 9.17) is 0 Å². The largest absolute Gasteiger partial charge is 0.361 e. The minimum atomic E-state index is 0.0355. The maximum absolute atomic E-state index is 11.2. The summed E-state index contributed by atoms with van der Waals surface area (Å²) >= 11 is 0. The number of pyridine rings is 1. The third-order valence-electron chi connectivity index (χ3n) is 1.83. The lowest BCUT2D eigenvalue weighted by Crippen LogP contribution is -2.28. The zero-order valence-electron chi connectivity index (χ0n) is 8.74. The fraction of sp³-hybridized carbons (Fsp3) is 0.400. The smallest absolute Gasteiger partial charge is 0.241 e. The Morgan fingerprint density at radius 3 is 2.86 bits per heavy atom. The van der Waals surface area contributed by atoms with Gasteiger partial charge in [0, 0.05) is 20.3 Å². The van der Waals surface area contributed by atoms with Gasteiger partial charge in [0.05, 0.1) is 6.54 Å². The number of hydrogen-bond donors (Lipinski definition) is 1. The van der Waals surface area contributed by atoms with E-state index in [2.05, 4.69) is 10.3 Å². The van der Waals surface area contributed by atoms with Gasteiger partial charge in [-0.25, -0.2) is 4.98 Å². The number of hydrogen-bond acceptors (Lipinski definition) is 3. The monoisotopic (exact) mass is 193 g/mol. The molecular formula is C10H15N3O. The highest BCUT2D eigenvalue weighted by molar-refractivity contribution is 5.80. The van der Waals surface area contributed by atoms with E-state index in [1.54, 1.807) is 25.2 Å². The molecule has 0 aromatic carbocycles. The van der Waals surface area contributed by atoms with Gasteiger partial charge in [-0.2, -0.15) is 0 Å². The molecule has 1 aromatic rings. The van der Waals surface area contributed by atoms with Gasteiger partial charge in [0.25, 0.3) is 0 Å². The van der Waals surface area contributed by atoms with Crippen molar-refractivity contribution in [1.29, 1.82) is 0 Å². The molecule has 0 fully saturated rings. The lowest BCUT2D eigenvalue weighted by atomic mass is 10.3. The first-order chi connectivity index (χ1) is 6.59. The van der Waals surface area contributed by atoms with Crippen molar-refractivity contribution in [3.63, 3.8) is 0 Å².